The van der Waals surface area contributed by atoms with Crippen LogP contribution < -0.4 is 5.32 Å². The molecule has 0 aliphatic heterocycles. The van der Waals surface area contributed by atoms with Gasteiger partial charge in [-0.3, -0.25) is 0 Å². The minimum atomic E-state index is -0.0208. The van der Waals surface area contributed by atoms with E-state index in [2.05, 4.69) is 27.6 Å². The first kappa shape index (κ1) is 11.4. The number of rotatable bonds is 4. The molecule has 0 spiro atoms. The van der Waals surface area contributed by atoms with Gasteiger partial charge in [-0.05, 0) is 25.5 Å². The van der Waals surface area contributed by atoms with E-state index in [0.29, 0.717) is 11.8 Å². The molecule has 3 rings (SSSR count). The van der Waals surface area contributed by atoms with Crippen LogP contribution >= 0.6 is 0 Å². The highest BCUT2D eigenvalue weighted by atomic mass is 16.4. The van der Waals surface area contributed by atoms with Crippen LogP contribution in [0.25, 0.3) is 0 Å². The third-order valence-electron chi connectivity index (χ3n) is 3.58. The molecule has 1 heterocycles. The number of aromatic nitrogens is 2. The summed E-state index contributed by atoms with van der Waals surface area (Å²) in [6, 6.07) is 10.1. The molecule has 1 atom stereocenters. The molecule has 94 valence electrons. The van der Waals surface area contributed by atoms with Gasteiger partial charge in [0.05, 0.1) is 0 Å². The van der Waals surface area contributed by atoms with Crippen LogP contribution in [0.2, 0.25) is 0 Å². The second-order valence-corrected chi connectivity index (χ2v) is 4.74. The normalized spacial score (nSPS) is 17.4. The van der Waals surface area contributed by atoms with Gasteiger partial charge in [-0.1, -0.05) is 36.8 Å². The molecule has 1 unspecified atom stereocenters. The van der Waals surface area contributed by atoms with Crippen LogP contribution in [-0.4, -0.2) is 17.2 Å². The minimum Gasteiger partial charge on any atom is -0.423 e. The number of hydrogen-bond acceptors (Lipinski definition) is 4. The van der Waals surface area contributed by atoms with E-state index in [-0.39, 0.29) is 6.04 Å². The Morgan fingerprint density at radius 3 is 2.61 bits per heavy atom. The summed E-state index contributed by atoms with van der Waals surface area (Å²) in [6.45, 7) is 0. The molecule has 4 heteroatoms. The Hall–Kier alpha value is -1.68. The predicted molar refractivity (Wildman–Crippen MR) is 68.2 cm³/mol. The molecule has 1 fully saturated rings. The number of nitrogens with one attached hydrogen (secondary N) is 1. The molecule has 1 aromatic carbocycles. The Kier molecular flexibility index (Phi) is 3.11. The molecular formula is C14H17N3O. The highest BCUT2D eigenvalue weighted by Crippen LogP contribution is 2.36. The second-order valence-electron chi connectivity index (χ2n) is 4.74. The molecular weight excluding hydrogens is 226 g/mol. The number of benzene rings is 1. The van der Waals surface area contributed by atoms with Crippen molar-refractivity contribution in [2.45, 2.75) is 31.2 Å². The summed E-state index contributed by atoms with van der Waals surface area (Å²) in [5, 5.41) is 11.6. The standard InChI is InChI=1S/C14H17N3O/c1-15-12(10-6-3-2-4-7-10)14-17-16-13(18-14)11-8-5-9-11/h2-4,6-7,11-12,15H,5,8-9H2,1H3. The Bertz CT molecular complexity index is 505. The topological polar surface area (TPSA) is 51.0 Å². The van der Waals surface area contributed by atoms with Crippen molar-refractivity contribution in [3.63, 3.8) is 0 Å². The van der Waals surface area contributed by atoms with E-state index in [1.54, 1.807) is 0 Å². The van der Waals surface area contributed by atoms with Crippen molar-refractivity contribution in [2.24, 2.45) is 0 Å². The average Bonchev–Trinajstić information content (AvgIpc) is 2.78. The first-order chi connectivity index (χ1) is 8.88. The van der Waals surface area contributed by atoms with Gasteiger partial charge in [-0.2, -0.15) is 0 Å². The fraction of sp³-hybridized carbons (Fsp3) is 0.429. The maximum absolute atomic E-state index is 5.81. The van der Waals surface area contributed by atoms with Crippen LogP contribution in [0.15, 0.2) is 34.7 Å². The Morgan fingerprint density at radius 1 is 1.22 bits per heavy atom. The maximum Gasteiger partial charge on any atom is 0.237 e. The van der Waals surface area contributed by atoms with Crippen molar-refractivity contribution in [3.8, 4) is 0 Å². The lowest BCUT2D eigenvalue weighted by atomic mass is 9.85. The molecule has 1 saturated carbocycles. The van der Waals surface area contributed by atoms with Crippen LogP contribution in [0.4, 0.5) is 0 Å². The number of nitrogens with zero attached hydrogens (tertiary/aromatic N) is 2. The van der Waals surface area contributed by atoms with Crippen LogP contribution in [0, 0.1) is 0 Å². The summed E-state index contributed by atoms with van der Waals surface area (Å²) in [5.74, 6) is 1.94. The van der Waals surface area contributed by atoms with Crippen molar-refractivity contribution in [2.75, 3.05) is 7.05 Å². The zero-order chi connectivity index (χ0) is 12.4. The van der Waals surface area contributed by atoms with Crippen molar-refractivity contribution >= 4 is 0 Å². The van der Waals surface area contributed by atoms with E-state index in [1.165, 1.54) is 19.3 Å². The highest BCUT2D eigenvalue weighted by molar-refractivity contribution is 5.23. The summed E-state index contributed by atoms with van der Waals surface area (Å²) in [4.78, 5) is 0. The molecule has 0 amide bonds. The molecule has 0 bridgehead atoms. The summed E-state index contributed by atoms with van der Waals surface area (Å²) in [5.41, 5.74) is 1.14. The van der Waals surface area contributed by atoms with Gasteiger partial charge in [0.15, 0.2) is 0 Å². The van der Waals surface area contributed by atoms with Gasteiger partial charge in [0.2, 0.25) is 11.8 Å². The van der Waals surface area contributed by atoms with Gasteiger partial charge in [0.25, 0.3) is 0 Å². The van der Waals surface area contributed by atoms with E-state index in [9.17, 15) is 0 Å². The largest absolute Gasteiger partial charge is 0.423 e. The molecule has 2 aromatic rings. The van der Waals surface area contributed by atoms with Gasteiger partial charge in [-0.25, -0.2) is 0 Å². The number of hydrogen-bond donors (Lipinski definition) is 1. The van der Waals surface area contributed by atoms with Crippen LogP contribution in [0.1, 0.15) is 48.6 Å². The van der Waals surface area contributed by atoms with Gasteiger partial charge in [-0.15, -0.1) is 10.2 Å². The van der Waals surface area contributed by atoms with E-state index < -0.39 is 0 Å². The lowest BCUT2D eigenvalue weighted by Crippen LogP contribution is -2.17. The molecule has 1 N–H and O–H groups in total. The zero-order valence-corrected chi connectivity index (χ0v) is 10.5. The molecule has 0 saturated heterocycles. The quantitative estimate of drug-likeness (QED) is 0.897. The van der Waals surface area contributed by atoms with Gasteiger partial charge in [0.1, 0.15) is 6.04 Å². The molecule has 1 aliphatic rings. The fourth-order valence-corrected chi connectivity index (χ4v) is 2.26. The molecule has 1 aliphatic carbocycles. The minimum absolute atomic E-state index is 0.0208. The Morgan fingerprint density at radius 2 is 2.00 bits per heavy atom. The van der Waals surface area contributed by atoms with E-state index in [1.807, 2.05) is 25.2 Å². The lowest BCUT2D eigenvalue weighted by Gasteiger charge is -2.21. The third-order valence-corrected chi connectivity index (χ3v) is 3.58. The third kappa shape index (κ3) is 2.04. The first-order valence-electron chi connectivity index (χ1n) is 6.44. The van der Waals surface area contributed by atoms with E-state index in [0.717, 1.165) is 11.5 Å². The molecule has 18 heavy (non-hydrogen) atoms. The Balaban J connectivity index is 1.85. The SMILES string of the molecule is CNC(c1ccccc1)c1nnc(C2CCC2)o1. The molecule has 0 radical (unpaired) electrons. The van der Waals surface area contributed by atoms with Crippen LogP contribution in [-0.2, 0) is 0 Å². The molecule has 4 nitrogen and oxygen atoms in total. The highest BCUT2D eigenvalue weighted by Gasteiger charge is 2.27. The smallest absolute Gasteiger partial charge is 0.237 e. The average molecular weight is 243 g/mol. The van der Waals surface area contributed by atoms with Crippen molar-refractivity contribution in [1.29, 1.82) is 0 Å². The van der Waals surface area contributed by atoms with Crippen LogP contribution in [0.5, 0.6) is 0 Å². The monoisotopic (exact) mass is 243 g/mol. The summed E-state index contributed by atoms with van der Waals surface area (Å²) in [6.07, 6.45) is 3.63. The van der Waals surface area contributed by atoms with Gasteiger partial charge >= 0.3 is 0 Å². The van der Waals surface area contributed by atoms with Crippen molar-refractivity contribution in [3.05, 3.63) is 47.7 Å². The Labute approximate surface area is 106 Å². The molecule has 1 aromatic heterocycles. The van der Waals surface area contributed by atoms with Gasteiger partial charge in [0, 0.05) is 5.92 Å². The second kappa shape index (κ2) is 4.90. The summed E-state index contributed by atoms with van der Waals surface area (Å²) < 4.78 is 5.81. The summed E-state index contributed by atoms with van der Waals surface area (Å²) >= 11 is 0. The lowest BCUT2D eigenvalue weighted by molar-refractivity contribution is 0.317. The van der Waals surface area contributed by atoms with Crippen molar-refractivity contribution < 1.29 is 4.42 Å². The first-order valence-corrected chi connectivity index (χ1v) is 6.44. The van der Waals surface area contributed by atoms with Crippen LogP contribution in [0.3, 0.4) is 0 Å². The van der Waals surface area contributed by atoms with E-state index in [4.69, 9.17) is 4.42 Å². The van der Waals surface area contributed by atoms with Gasteiger partial charge < -0.3 is 9.73 Å². The fourth-order valence-electron chi connectivity index (χ4n) is 2.26. The maximum atomic E-state index is 5.81. The summed E-state index contributed by atoms with van der Waals surface area (Å²) in [7, 11) is 1.91. The zero-order valence-electron chi connectivity index (χ0n) is 10.5. The predicted octanol–water partition coefficient (Wildman–Crippen LogP) is 2.65. The van der Waals surface area contributed by atoms with Crippen molar-refractivity contribution in [1.82, 2.24) is 15.5 Å². The van der Waals surface area contributed by atoms with E-state index >= 15 is 0 Å².